The minimum atomic E-state index is 0.149. The first-order valence-electron chi connectivity index (χ1n) is 5.25. The van der Waals surface area contributed by atoms with E-state index in [0.29, 0.717) is 6.10 Å². The van der Waals surface area contributed by atoms with Gasteiger partial charge in [-0.3, -0.25) is 5.84 Å². The lowest BCUT2D eigenvalue weighted by molar-refractivity contribution is 0.319. The highest BCUT2D eigenvalue weighted by atomic mass is 16.6. The maximum Gasteiger partial charge on any atom is 0.148 e. The van der Waals surface area contributed by atoms with E-state index in [-0.39, 0.29) is 6.23 Å². The molecule has 0 aromatic heterocycles. The fourth-order valence-corrected chi connectivity index (χ4v) is 1.52. The Bertz CT molecular complexity index is 132. The summed E-state index contributed by atoms with van der Waals surface area (Å²) < 4.78 is 5.31. The van der Waals surface area contributed by atoms with Gasteiger partial charge in [-0.25, -0.2) is 5.43 Å². The standard InChI is InChI=1S/C9H21N3O/c1-2-3-4-5-6-7-8-9(13-8)11-12-10/h8-9,11-12H,2-7,10H2,1H3. The molecule has 0 aromatic carbocycles. The van der Waals surface area contributed by atoms with Gasteiger partial charge in [-0.15, -0.1) is 0 Å². The Labute approximate surface area is 80.1 Å². The minimum Gasteiger partial charge on any atom is -0.352 e. The van der Waals surface area contributed by atoms with E-state index in [1.54, 1.807) is 0 Å². The van der Waals surface area contributed by atoms with E-state index in [0.717, 1.165) is 6.42 Å². The smallest absolute Gasteiger partial charge is 0.148 e. The minimum absolute atomic E-state index is 0.149. The van der Waals surface area contributed by atoms with Gasteiger partial charge in [-0.2, -0.15) is 5.53 Å². The quantitative estimate of drug-likeness (QED) is 0.230. The summed E-state index contributed by atoms with van der Waals surface area (Å²) in [4.78, 5) is 0. The molecule has 0 amide bonds. The molecule has 0 bridgehead atoms. The molecule has 1 rings (SSSR count). The number of nitrogens with two attached hydrogens (primary N) is 1. The summed E-state index contributed by atoms with van der Waals surface area (Å²) >= 11 is 0. The molecule has 1 aliphatic heterocycles. The number of hydrogen-bond acceptors (Lipinski definition) is 4. The largest absolute Gasteiger partial charge is 0.352 e. The summed E-state index contributed by atoms with van der Waals surface area (Å²) in [5, 5.41) is 0. The topological polar surface area (TPSA) is 62.6 Å². The highest BCUT2D eigenvalue weighted by Gasteiger charge is 2.37. The van der Waals surface area contributed by atoms with Crippen molar-refractivity contribution in [3.63, 3.8) is 0 Å². The molecule has 4 nitrogen and oxygen atoms in total. The fraction of sp³-hybridized carbons (Fsp3) is 1.00. The van der Waals surface area contributed by atoms with Crippen LogP contribution in [0.3, 0.4) is 0 Å². The van der Waals surface area contributed by atoms with E-state index in [2.05, 4.69) is 17.9 Å². The average molecular weight is 187 g/mol. The maximum atomic E-state index is 5.31. The van der Waals surface area contributed by atoms with Crippen LogP contribution in [0.15, 0.2) is 0 Å². The molecule has 1 fully saturated rings. The van der Waals surface area contributed by atoms with E-state index in [4.69, 9.17) is 10.6 Å². The number of hydrazine groups is 2. The summed E-state index contributed by atoms with van der Waals surface area (Å²) in [6.45, 7) is 2.23. The van der Waals surface area contributed by atoms with Crippen molar-refractivity contribution in [2.75, 3.05) is 0 Å². The molecule has 13 heavy (non-hydrogen) atoms. The van der Waals surface area contributed by atoms with Gasteiger partial charge in [0.25, 0.3) is 0 Å². The Balaban J connectivity index is 1.80. The van der Waals surface area contributed by atoms with Crippen molar-refractivity contribution in [1.82, 2.24) is 11.0 Å². The lowest BCUT2D eigenvalue weighted by atomic mass is 10.1. The summed E-state index contributed by atoms with van der Waals surface area (Å²) in [5.41, 5.74) is 5.22. The molecule has 4 N–H and O–H groups in total. The highest BCUT2D eigenvalue weighted by Crippen LogP contribution is 2.24. The van der Waals surface area contributed by atoms with Crippen LogP contribution in [0.2, 0.25) is 0 Å². The number of rotatable bonds is 8. The van der Waals surface area contributed by atoms with Crippen LogP contribution in [0.1, 0.15) is 45.4 Å². The third-order valence-electron chi connectivity index (χ3n) is 2.40. The summed E-state index contributed by atoms with van der Waals surface area (Å²) in [6, 6.07) is 0. The van der Waals surface area contributed by atoms with E-state index >= 15 is 0 Å². The number of nitrogens with one attached hydrogen (secondary N) is 2. The van der Waals surface area contributed by atoms with Crippen LogP contribution in [0, 0.1) is 0 Å². The van der Waals surface area contributed by atoms with Gasteiger partial charge in [0.2, 0.25) is 0 Å². The molecule has 0 aliphatic carbocycles. The first-order chi connectivity index (χ1) is 6.38. The van der Waals surface area contributed by atoms with Crippen molar-refractivity contribution < 1.29 is 4.74 Å². The lowest BCUT2D eigenvalue weighted by Gasteiger charge is -1.98. The zero-order valence-corrected chi connectivity index (χ0v) is 8.38. The van der Waals surface area contributed by atoms with Gasteiger partial charge in [-0.1, -0.05) is 39.0 Å². The fourth-order valence-electron chi connectivity index (χ4n) is 1.52. The van der Waals surface area contributed by atoms with Crippen molar-refractivity contribution in [3.05, 3.63) is 0 Å². The van der Waals surface area contributed by atoms with Crippen LogP contribution in [0.4, 0.5) is 0 Å². The molecule has 1 heterocycles. The lowest BCUT2D eigenvalue weighted by Crippen LogP contribution is -2.40. The van der Waals surface area contributed by atoms with Gasteiger partial charge in [-0.05, 0) is 6.42 Å². The molecule has 0 spiro atoms. The Hall–Kier alpha value is -0.160. The van der Waals surface area contributed by atoms with Crippen LogP contribution < -0.4 is 16.8 Å². The van der Waals surface area contributed by atoms with Crippen molar-refractivity contribution >= 4 is 0 Å². The predicted octanol–water partition coefficient (Wildman–Crippen LogP) is 1.04. The zero-order chi connectivity index (χ0) is 9.52. The third-order valence-corrected chi connectivity index (χ3v) is 2.40. The van der Waals surface area contributed by atoms with Crippen LogP contribution in [-0.2, 0) is 4.74 Å². The van der Waals surface area contributed by atoms with E-state index < -0.39 is 0 Å². The second-order valence-electron chi connectivity index (χ2n) is 3.59. The third kappa shape index (κ3) is 4.57. The Morgan fingerprint density at radius 1 is 1.23 bits per heavy atom. The number of epoxide rings is 1. The monoisotopic (exact) mass is 187 g/mol. The number of unbranched alkanes of at least 4 members (excludes halogenated alkanes) is 4. The first-order valence-corrected chi connectivity index (χ1v) is 5.25. The molecule has 0 aromatic rings. The molecule has 78 valence electrons. The molecule has 1 aliphatic rings. The van der Waals surface area contributed by atoms with Crippen molar-refractivity contribution in [2.24, 2.45) is 5.84 Å². The predicted molar refractivity (Wildman–Crippen MR) is 52.5 cm³/mol. The van der Waals surface area contributed by atoms with E-state index in [9.17, 15) is 0 Å². The Morgan fingerprint density at radius 3 is 2.69 bits per heavy atom. The van der Waals surface area contributed by atoms with Crippen molar-refractivity contribution in [3.8, 4) is 0 Å². The van der Waals surface area contributed by atoms with Crippen LogP contribution in [0.5, 0.6) is 0 Å². The van der Waals surface area contributed by atoms with Gasteiger partial charge in [0.1, 0.15) is 12.3 Å². The Morgan fingerprint density at radius 2 is 2.00 bits per heavy atom. The summed E-state index contributed by atoms with van der Waals surface area (Å²) in [6.07, 6.45) is 8.32. The van der Waals surface area contributed by atoms with E-state index in [1.165, 1.54) is 32.1 Å². The van der Waals surface area contributed by atoms with Gasteiger partial charge in [0.05, 0.1) is 0 Å². The van der Waals surface area contributed by atoms with Gasteiger partial charge in [0.15, 0.2) is 0 Å². The average Bonchev–Trinajstić information content (AvgIpc) is 2.84. The van der Waals surface area contributed by atoms with Crippen molar-refractivity contribution in [1.29, 1.82) is 0 Å². The second-order valence-corrected chi connectivity index (χ2v) is 3.59. The molecular weight excluding hydrogens is 166 g/mol. The van der Waals surface area contributed by atoms with Gasteiger partial charge < -0.3 is 4.74 Å². The summed E-state index contributed by atoms with van der Waals surface area (Å²) in [5.74, 6) is 5.08. The van der Waals surface area contributed by atoms with Crippen LogP contribution in [-0.4, -0.2) is 12.3 Å². The molecule has 2 atom stereocenters. The highest BCUT2D eigenvalue weighted by molar-refractivity contribution is 4.80. The molecule has 0 radical (unpaired) electrons. The Kier molecular flexibility index (Phi) is 5.31. The molecule has 0 saturated carbocycles. The normalized spacial score (nSPS) is 26.3. The summed E-state index contributed by atoms with van der Waals surface area (Å²) in [7, 11) is 0. The zero-order valence-electron chi connectivity index (χ0n) is 8.38. The van der Waals surface area contributed by atoms with Gasteiger partial charge in [0, 0.05) is 0 Å². The molecule has 1 saturated heterocycles. The van der Waals surface area contributed by atoms with Crippen LogP contribution >= 0.6 is 0 Å². The number of ether oxygens (including phenoxy) is 1. The molecule has 2 unspecified atom stereocenters. The van der Waals surface area contributed by atoms with E-state index in [1.807, 2.05) is 0 Å². The second kappa shape index (κ2) is 6.32. The van der Waals surface area contributed by atoms with Crippen molar-refractivity contribution in [2.45, 2.75) is 57.8 Å². The SMILES string of the molecule is CCCCCCCC1OC1NNN. The molecular formula is C9H21N3O. The molecule has 4 heteroatoms. The first kappa shape index (κ1) is 10.9. The van der Waals surface area contributed by atoms with Gasteiger partial charge >= 0.3 is 0 Å². The van der Waals surface area contributed by atoms with Crippen LogP contribution in [0.25, 0.3) is 0 Å². The maximum absolute atomic E-state index is 5.31. The number of hydrogen-bond donors (Lipinski definition) is 3.